The summed E-state index contributed by atoms with van der Waals surface area (Å²) in [6.07, 6.45) is 4.41. The fraction of sp³-hybridized carbons (Fsp3) is 0.164. The lowest BCUT2D eigenvalue weighted by Crippen LogP contribution is -2.37. The Morgan fingerprint density at radius 3 is 1.34 bits per heavy atom. The van der Waals surface area contributed by atoms with E-state index in [1.165, 1.54) is 32.6 Å². The van der Waals surface area contributed by atoms with Gasteiger partial charge in [-0.15, -0.1) is 0 Å². The number of fused-ring (bicyclic) bond motifs is 3. The molecular formula is C55H52N4Si2. The number of nitrogens with zero attached hydrogens (tertiary/aromatic N) is 4. The topological polar surface area (TPSA) is 34.6 Å². The van der Waals surface area contributed by atoms with Crippen LogP contribution in [0.2, 0.25) is 39.3 Å². The van der Waals surface area contributed by atoms with Crippen LogP contribution in [0.15, 0.2) is 158 Å². The number of nitriles is 1. The van der Waals surface area contributed by atoms with Gasteiger partial charge in [0, 0.05) is 39.5 Å². The summed E-state index contributed by atoms with van der Waals surface area (Å²) in [5, 5.41) is 12.3. The summed E-state index contributed by atoms with van der Waals surface area (Å²) in [7, 11) is -2.91. The van der Waals surface area contributed by atoms with Gasteiger partial charge in [0.15, 0.2) is 5.69 Å². The summed E-state index contributed by atoms with van der Waals surface area (Å²) in [6, 6.07) is 58.5. The SMILES string of the molecule is [C-]#[N+]c1ccc(N(c2ccc([Si](C)(C)C)cc2)c2ccc3c(c2)C(C)(C)c2cc(/C=C/c4ccc(N(c5ccc(C#N)cc5)c5ccc([Si](C)(C)C)cc5)cc4)ccc2-3)cc1. The molecule has 61 heavy (non-hydrogen) atoms. The second-order valence-electron chi connectivity index (χ2n) is 18.6. The molecule has 0 spiro atoms. The highest BCUT2D eigenvalue weighted by atomic mass is 28.3. The van der Waals surface area contributed by atoms with Gasteiger partial charge < -0.3 is 9.80 Å². The fourth-order valence-electron chi connectivity index (χ4n) is 8.39. The van der Waals surface area contributed by atoms with Gasteiger partial charge in [0.1, 0.15) is 0 Å². The molecule has 0 aromatic heterocycles. The summed E-state index contributed by atoms with van der Waals surface area (Å²) in [5.41, 5.74) is 14.9. The quantitative estimate of drug-likeness (QED) is 0.0783. The lowest BCUT2D eigenvalue weighted by Gasteiger charge is -2.29. The predicted molar refractivity (Wildman–Crippen MR) is 266 cm³/mol. The molecule has 0 heterocycles. The minimum atomic E-state index is -1.47. The van der Waals surface area contributed by atoms with Crippen LogP contribution in [0.1, 0.15) is 41.7 Å². The Labute approximate surface area is 364 Å². The van der Waals surface area contributed by atoms with E-state index in [4.69, 9.17) is 6.57 Å². The standard InChI is InChI=1S/C55H52N4Si2/c1-55(2)53-36-40(11-10-39-12-19-43(20-13-39)58(44-21-14-41(38-56)15-22-44)46-25-30-49(31-26-46)60(4,5)6)16-34-51(53)52-35-29-48(37-54(52)55)59(45-23-17-42(57-3)18-24-45)47-27-32-50(33-28-47)61(7,8)9/h10-37H,1-2,4-9H3/b11-10+. The van der Waals surface area contributed by atoms with Crippen molar-refractivity contribution in [1.82, 2.24) is 0 Å². The van der Waals surface area contributed by atoms with Crippen LogP contribution in [0, 0.1) is 17.9 Å². The highest BCUT2D eigenvalue weighted by molar-refractivity contribution is 6.89. The van der Waals surface area contributed by atoms with Gasteiger partial charge in [-0.2, -0.15) is 5.26 Å². The van der Waals surface area contributed by atoms with Crippen molar-refractivity contribution in [3.63, 3.8) is 0 Å². The van der Waals surface area contributed by atoms with Crippen LogP contribution >= 0.6 is 0 Å². The fourth-order valence-corrected chi connectivity index (χ4v) is 10.7. The molecule has 8 rings (SSSR count). The van der Waals surface area contributed by atoms with E-state index in [1.807, 2.05) is 36.4 Å². The third-order valence-corrected chi connectivity index (χ3v) is 16.2. The third-order valence-electron chi connectivity index (χ3n) is 12.0. The molecule has 0 N–H and O–H groups in total. The van der Waals surface area contributed by atoms with Gasteiger partial charge in [-0.3, -0.25) is 0 Å². The smallest absolute Gasteiger partial charge is 0.187 e. The number of hydrogen-bond acceptors (Lipinski definition) is 3. The van der Waals surface area contributed by atoms with Crippen LogP contribution in [0.3, 0.4) is 0 Å². The van der Waals surface area contributed by atoms with Gasteiger partial charge in [-0.25, -0.2) is 4.85 Å². The van der Waals surface area contributed by atoms with Crippen LogP contribution in [-0.4, -0.2) is 16.1 Å². The summed E-state index contributed by atoms with van der Waals surface area (Å²) < 4.78 is 0. The molecule has 1 aliphatic rings. The number of benzene rings is 7. The molecule has 0 fully saturated rings. The number of hydrogen-bond donors (Lipinski definition) is 0. The monoisotopic (exact) mass is 824 g/mol. The molecule has 7 aromatic carbocycles. The molecule has 300 valence electrons. The Balaban J connectivity index is 1.07. The normalized spacial score (nSPS) is 13.0. The average Bonchev–Trinajstić information content (AvgIpc) is 3.48. The van der Waals surface area contributed by atoms with Crippen LogP contribution in [0.4, 0.5) is 39.8 Å². The van der Waals surface area contributed by atoms with E-state index in [0.29, 0.717) is 11.3 Å². The first-order valence-electron chi connectivity index (χ1n) is 21.0. The Kier molecular flexibility index (Phi) is 10.8. The zero-order valence-corrected chi connectivity index (χ0v) is 38.5. The maximum Gasteiger partial charge on any atom is 0.187 e. The average molecular weight is 825 g/mol. The van der Waals surface area contributed by atoms with E-state index in [1.54, 1.807) is 0 Å². The lowest BCUT2D eigenvalue weighted by molar-refractivity contribution is 0.660. The van der Waals surface area contributed by atoms with E-state index in [0.717, 1.165) is 45.3 Å². The lowest BCUT2D eigenvalue weighted by atomic mass is 9.81. The van der Waals surface area contributed by atoms with Gasteiger partial charge in [-0.1, -0.05) is 148 Å². The largest absolute Gasteiger partial charge is 0.311 e. The van der Waals surface area contributed by atoms with Crippen molar-refractivity contribution >= 4 is 78.5 Å². The molecular weight excluding hydrogens is 773 g/mol. The van der Waals surface area contributed by atoms with Crippen molar-refractivity contribution in [3.8, 4) is 17.2 Å². The summed E-state index contributed by atoms with van der Waals surface area (Å²) in [5.74, 6) is 0. The molecule has 4 nitrogen and oxygen atoms in total. The molecule has 0 amide bonds. The summed E-state index contributed by atoms with van der Waals surface area (Å²) in [6.45, 7) is 26.4. The Morgan fingerprint density at radius 2 is 0.869 bits per heavy atom. The minimum Gasteiger partial charge on any atom is -0.311 e. The molecule has 1 aliphatic carbocycles. The Morgan fingerprint density at radius 1 is 0.492 bits per heavy atom. The van der Waals surface area contributed by atoms with Crippen molar-refractivity contribution in [3.05, 3.63) is 197 Å². The molecule has 0 atom stereocenters. The van der Waals surface area contributed by atoms with E-state index < -0.39 is 16.1 Å². The maximum absolute atomic E-state index is 9.45. The van der Waals surface area contributed by atoms with Crippen LogP contribution < -0.4 is 20.2 Å². The third kappa shape index (κ3) is 8.26. The molecule has 7 aromatic rings. The van der Waals surface area contributed by atoms with E-state index in [-0.39, 0.29) is 5.41 Å². The Hall–Kier alpha value is -6.71. The minimum absolute atomic E-state index is 0.213. The Bertz CT molecular complexity index is 2830. The second kappa shape index (κ2) is 16.0. The number of rotatable bonds is 10. The van der Waals surface area contributed by atoms with Gasteiger partial charge in [0.05, 0.1) is 34.4 Å². The molecule has 0 saturated heterocycles. The zero-order valence-electron chi connectivity index (χ0n) is 36.5. The van der Waals surface area contributed by atoms with E-state index >= 15 is 0 Å². The maximum atomic E-state index is 9.45. The molecule has 6 heteroatoms. The van der Waals surface area contributed by atoms with Crippen molar-refractivity contribution in [1.29, 1.82) is 5.26 Å². The second-order valence-corrected chi connectivity index (χ2v) is 28.8. The van der Waals surface area contributed by atoms with Gasteiger partial charge in [0.2, 0.25) is 0 Å². The van der Waals surface area contributed by atoms with Crippen LogP contribution in [-0.2, 0) is 5.41 Å². The molecule has 0 saturated carbocycles. The predicted octanol–water partition coefficient (Wildman–Crippen LogP) is 14.6. The molecule has 0 bridgehead atoms. The van der Waals surface area contributed by atoms with Crippen molar-refractivity contribution in [2.75, 3.05) is 9.80 Å². The molecule has 0 unspecified atom stereocenters. The first-order valence-corrected chi connectivity index (χ1v) is 28.0. The van der Waals surface area contributed by atoms with Crippen molar-refractivity contribution in [2.24, 2.45) is 0 Å². The van der Waals surface area contributed by atoms with Crippen molar-refractivity contribution < 1.29 is 0 Å². The molecule has 0 aliphatic heterocycles. The summed E-state index contributed by atoms with van der Waals surface area (Å²) >= 11 is 0. The van der Waals surface area contributed by atoms with E-state index in [2.05, 4.69) is 207 Å². The van der Waals surface area contributed by atoms with E-state index in [9.17, 15) is 5.26 Å². The molecule has 0 radical (unpaired) electrons. The summed E-state index contributed by atoms with van der Waals surface area (Å²) in [4.78, 5) is 8.21. The first-order chi connectivity index (χ1) is 29.1. The highest BCUT2D eigenvalue weighted by Gasteiger charge is 2.36. The van der Waals surface area contributed by atoms with Crippen LogP contribution in [0.25, 0.3) is 28.1 Å². The highest BCUT2D eigenvalue weighted by Crippen LogP contribution is 2.51. The zero-order chi connectivity index (χ0) is 43.1. The van der Waals surface area contributed by atoms with Crippen molar-refractivity contribution in [2.45, 2.75) is 58.5 Å². The number of anilines is 6. The van der Waals surface area contributed by atoms with Gasteiger partial charge in [0.25, 0.3) is 0 Å². The first kappa shape index (κ1) is 41.0. The van der Waals surface area contributed by atoms with Crippen LogP contribution in [0.5, 0.6) is 0 Å². The van der Waals surface area contributed by atoms with Gasteiger partial charge >= 0.3 is 0 Å². The van der Waals surface area contributed by atoms with Gasteiger partial charge in [-0.05, 0) is 118 Å².